The first-order valence-corrected chi connectivity index (χ1v) is 4.72. The van der Waals surface area contributed by atoms with Gasteiger partial charge in [0, 0.05) is 0 Å². The summed E-state index contributed by atoms with van der Waals surface area (Å²) in [6.45, 7) is 2.84. The Bertz CT molecular complexity index is 110. The number of nitrogens with one attached hydrogen (secondary N) is 1. The van der Waals surface area contributed by atoms with Gasteiger partial charge in [-0.1, -0.05) is 39.0 Å². The molecule has 4 heteroatoms. The van der Waals surface area contributed by atoms with E-state index >= 15 is 0 Å². The van der Waals surface area contributed by atoms with E-state index < -0.39 is 0 Å². The minimum absolute atomic E-state index is 0. The Morgan fingerprint density at radius 2 is 1.92 bits per heavy atom. The van der Waals surface area contributed by atoms with E-state index in [9.17, 15) is 4.79 Å². The Labute approximate surface area is 126 Å². The third-order valence-electron chi connectivity index (χ3n) is 1.73. The van der Waals surface area contributed by atoms with Gasteiger partial charge in [0.2, 0.25) is 6.41 Å². The molecular weight excluding hydrogens is 193 g/mol. The van der Waals surface area contributed by atoms with Crippen LogP contribution in [0, 0.1) is 0 Å². The number of rotatable bonds is 9. The van der Waals surface area contributed by atoms with Gasteiger partial charge in [-0.05, 0) is 6.42 Å². The minimum Gasteiger partial charge on any atom is -1.00 e. The Morgan fingerprint density at radius 3 is 2.54 bits per heavy atom. The van der Waals surface area contributed by atoms with Gasteiger partial charge >= 0.3 is 52.8 Å². The van der Waals surface area contributed by atoms with Crippen LogP contribution in [0.4, 0.5) is 0 Å². The van der Waals surface area contributed by atoms with Gasteiger partial charge in [0.25, 0.3) is 0 Å². The SMILES string of the molecule is CCCCCCCCONC=O.[H+].[H-].[K+]. The van der Waals surface area contributed by atoms with E-state index in [1.807, 2.05) is 0 Å². The standard InChI is InChI=1S/C9H19NO2.K.H/c1-2-3-4-5-6-7-8-12-10-9-11;;/h9H,2-8H2,1H3,(H,10,11);;/q;+1;-1/p+1. The van der Waals surface area contributed by atoms with Crippen molar-refractivity contribution >= 4 is 6.41 Å². The molecule has 0 aliphatic rings. The molecule has 0 aromatic heterocycles. The van der Waals surface area contributed by atoms with Gasteiger partial charge in [-0.2, -0.15) is 0 Å². The van der Waals surface area contributed by atoms with Crippen molar-refractivity contribution in [1.29, 1.82) is 0 Å². The quantitative estimate of drug-likeness (QED) is 0.237. The topological polar surface area (TPSA) is 38.3 Å². The van der Waals surface area contributed by atoms with E-state index in [-0.39, 0.29) is 54.2 Å². The maximum absolute atomic E-state index is 9.74. The van der Waals surface area contributed by atoms with Crippen molar-refractivity contribution in [3.63, 3.8) is 0 Å². The van der Waals surface area contributed by atoms with Gasteiger partial charge in [-0.15, -0.1) is 0 Å². The smallest absolute Gasteiger partial charge is 1.00 e. The monoisotopic (exact) mass is 214 g/mol. The molecule has 0 unspecified atom stereocenters. The molecule has 0 bridgehead atoms. The predicted octanol–water partition coefficient (Wildman–Crippen LogP) is -0.746. The molecule has 0 spiro atoms. The second kappa shape index (κ2) is 15.5. The van der Waals surface area contributed by atoms with Crippen LogP contribution in [0.2, 0.25) is 0 Å². The van der Waals surface area contributed by atoms with E-state index in [0.717, 1.165) is 6.42 Å². The first-order valence-electron chi connectivity index (χ1n) is 4.72. The molecule has 0 atom stereocenters. The van der Waals surface area contributed by atoms with Gasteiger partial charge in [0.05, 0.1) is 6.61 Å². The Morgan fingerprint density at radius 1 is 1.31 bits per heavy atom. The summed E-state index contributed by atoms with van der Waals surface area (Å²) >= 11 is 0. The zero-order valence-electron chi connectivity index (χ0n) is 10.8. The van der Waals surface area contributed by atoms with E-state index in [1.165, 1.54) is 32.1 Å². The van der Waals surface area contributed by atoms with E-state index in [0.29, 0.717) is 13.0 Å². The van der Waals surface area contributed by atoms with Crippen LogP contribution in [-0.4, -0.2) is 13.0 Å². The van der Waals surface area contributed by atoms with Gasteiger partial charge < -0.3 is 1.43 Å². The van der Waals surface area contributed by atoms with Gasteiger partial charge in [-0.3, -0.25) is 9.63 Å². The molecule has 0 rings (SSSR count). The minimum atomic E-state index is 0. The van der Waals surface area contributed by atoms with Crippen LogP contribution in [0.15, 0.2) is 0 Å². The maximum atomic E-state index is 9.74. The van der Waals surface area contributed by atoms with Crippen LogP contribution in [0.1, 0.15) is 48.3 Å². The van der Waals surface area contributed by atoms with Crippen LogP contribution in [-0.2, 0) is 9.63 Å². The number of unbranched alkanes of at least 4 members (excludes halogenated alkanes) is 5. The average Bonchev–Trinajstić information content (AvgIpc) is 2.10. The van der Waals surface area contributed by atoms with Crippen LogP contribution in [0.5, 0.6) is 0 Å². The van der Waals surface area contributed by atoms with Crippen molar-refractivity contribution in [2.75, 3.05) is 6.61 Å². The average molecular weight is 214 g/mol. The zero-order chi connectivity index (χ0) is 9.07. The van der Waals surface area contributed by atoms with Crippen LogP contribution >= 0.6 is 0 Å². The van der Waals surface area contributed by atoms with Crippen molar-refractivity contribution in [3.8, 4) is 0 Å². The number of carbonyl (C=O) groups is 1. The third kappa shape index (κ3) is 15.8. The van der Waals surface area contributed by atoms with E-state index in [1.54, 1.807) is 0 Å². The normalized spacial score (nSPS) is 9.00. The summed E-state index contributed by atoms with van der Waals surface area (Å²) < 4.78 is 0. The Kier molecular flexibility index (Phi) is 19.7. The fourth-order valence-electron chi connectivity index (χ4n) is 1.05. The predicted molar refractivity (Wildman–Crippen MR) is 50.8 cm³/mol. The molecule has 0 saturated heterocycles. The molecule has 74 valence electrons. The summed E-state index contributed by atoms with van der Waals surface area (Å²) in [7, 11) is 0. The van der Waals surface area contributed by atoms with Crippen molar-refractivity contribution < 1.29 is 63.9 Å². The maximum Gasteiger partial charge on any atom is 1.00 e. The van der Waals surface area contributed by atoms with Crippen molar-refractivity contribution in [2.45, 2.75) is 45.4 Å². The second-order valence-electron chi connectivity index (χ2n) is 2.85. The molecule has 13 heavy (non-hydrogen) atoms. The van der Waals surface area contributed by atoms with Crippen LogP contribution < -0.4 is 56.9 Å². The molecule has 3 nitrogen and oxygen atoms in total. The number of hydrogen-bond donors (Lipinski definition) is 1. The molecule has 0 heterocycles. The molecule has 0 saturated carbocycles. The summed E-state index contributed by atoms with van der Waals surface area (Å²) in [5, 5.41) is 0. The number of hydroxylamine groups is 1. The fraction of sp³-hybridized carbons (Fsp3) is 0.889. The summed E-state index contributed by atoms with van der Waals surface area (Å²) in [4.78, 5) is 14.5. The second-order valence-corrected chi connectivity index (χ2v) is 2.85. The van der Waals surface area contributed by atoms with Crippen LogP contribution in [0.25, 0.3) is 0 Å². The number of amides is 1. The third-order valence-corrected chi connectivity index (χ3v) is 1.73. The first kappa shape index (κ1) is 16.5. The Hall–Kier alpha value is 1.07. The fourth-order valence-corrected chi connectivity index (χ4v) is 1.05. The van der Waals surface area contributed by atoms with Gasteiger partial charge in [0.1, 0.15) is 0 Å². The number of hydrogen-bond acceptors (Lipinski definition) is 2. The van der Waals surface area contributed by atoms with E-state index in [2.05, 4.69) is 12.4 Å². The molecule has 0 aromatic rings. The zero-order valence-corrected chi connectivity index (χ0v) is 12.0. The van der Waals surface area contributed by atoms with Crippen LogP contribution in [0.3, 0.4) is 0 Å². The number of carbonyl (C=O) groups excluding carboxylic acids is 1. The molecule has 1 amide bonds. The van der Waals surface area contributed by atoms with Gasteiger partial charge in [0.15, 0.2) is 0 Å². The first-order chi connectivity index (χ1) is 5.91. The summed E-state index contributed by atoms with van der Waals surface area (Å²) in [5.74, 6) is 0. The summed E-state index contributed by atoms with van der Waals surface area (Å²) in [6, 6.07) is 0. The van der Waals surface area contributed by atoms with Crippen molar-refractivity contribution in [1.82, 2.24) is 5.48 Å². The summed E-state index contributed by atoms with van der Waals surface area (Å²) in [6.07, 6.45) is 7.98. The Balaban J connectivity index is -0.000000202. The molecule has 0 fully saturated rings. The molecule has 0 aliphatic carbocycles. The molecular formula is C9H21KNO2+. The summed E-state index contributed by atoms with van der Waals surface area (Å²) in [5.41, 5.74) is 2.17. The van der Waals surface area contributed by atoms with E-state index in [4.69, 9.17) is 4.84 Å². The molecule has 0 aromatic carbocycles. The largest absolute Gasteiger partial charge is 1.00 e. The molecule has 0 radical (unpaired) electrons. The van der Waals surface area contributed by atoms with Gasteiger partial charge in [-0.25, -0.2) is 5.48 Å². The molecule has 1 N–H and O–H groups in total. The van der Waals surface area contributed by atoms with Crippen molar-refractivity contribution in [2.24, 2.45) is 0 Å². The molecule has 0 aliphatic heterocycles. The van der Waals surface area contributed by atoms with Crippen molar-refractivity contribution in [3.05, 3.63) is 0 Å².